The third-order valence-electron chi connectivity index (χ3n) is 3.22. The molecule has 0 aliphatic carbocycles. The molecule has 0 saturated heterocycles. The van der Waals surface area contributed by atoms with E-state index in [9.17, 15) is 0 Å². The summed E-state index contributed by atoms with van der Waals surface area (Å²) >= 11 is 0. The van der Waals surface area contributed by atoms with E-state index in [1.165, 1.54) is 0 Å². The molecule has 0 bridgehead atoms. The molecule has 0 saturated carbocycles. The van der Waals surface area contributed by atoms with Crippen molar-refractivity contribution in [3.8, 4) is 5.95 Å². The van der Waals surface area contributed by atoms with Crippen LogP contribution in [0, 0.1) is 6.92 Å². The number of aryl methyl sites for hydroxylation is 2. The molecule has 20 heavy (non-hydrogen) atoms. The lowest BCUT2D eigenvalue weighted by Gasteiger charge is -2.09. The molecule has 2 rings (SSSR count). The topological polar surface area (TPSA) is 55.6 Å². The Labute approximate surface area is 120 Å². The third kappa shape index (κ3) is 3.42. The third-order valence-corrected chi connectivity index (χ3v) is 3.22. The highest BCUT2D eigenvalue weighted by Crippen LogP contribution is 2.10. The van der Waals surface area contributed by atoms with Crippen LogP contribution in [0.4, 0.5) is 0 Å². The molecular formula is C15H23N5. The van der Waals surface area contributed by atoms with Gasteiger partial charge in [-0.3, -0.25) is 4.57 Å². The van der Waals surface area contributed by atoms with E-state index in [1.807, 2.05) is 23.9 Å². The van der Waals surface area contributed by atoms with Crippen molar-refractivity contribution in [3.05, 3.63) is 35.7 Å². The summed E-state index contributed by atoms with van der Waals surface area (Å²) in [6.07, 6.45) is 8.78. The molecule has 0 atom stereocenters. The molecule has 0 radical (unpaired) electrons. The quantitative estimate of drug-likeness (QED) is 0.787. The number of hydrogen-bond acceptors (Lipinski definition) is 4. The van der Waals surface area contributed by atoms with Crippen molar-refractivity contribution in [2.24, 2.45) is 0 Å². The Morgan fingerprint density at radius 2 is 2.05 bits per heavy atom. The van der Waals surface area contributed by atoms with Crippen LogP contribution in [0.3, 0.4) is 0 Å². The Bertz CT molecular complexity index is 547. The number of nitrogens with one attached hydrogen (secondary N) is 1. The summed E-state index contributed by atoms with van der Waals surface area (Å²) in [5.41, 5.74) is 2.18. The van der Waals surface area contributed by atoms with E-state index in [4.69, 9.17) is 0 Å². The van der Waals surface area contributed by atoms with Crippen molar-refractivity contribution in [2.75, 3.05) is 6.54 Å². The smallest absolute Gasteiger partial charge is 0.235 e. The van der Waals surface area contributed by atoms with Gasteiger partial charge in [0, 0.05) is 42.8 Å². The van der Waals surface area contributed by atoms with Gasteiger partial charge in [-0.15, -0.1) is 0 Å². The molecule has 2 aromatic rings. The van der Waals surface area contributed by atoms with Gasteiger partial charge in [0.05, 0.1) is 0 Å². The van der Waals surface area contributed by atoms with Crippen molar-refractivity contribution in [3.63, 3.8) is 0 Å². The lowest BCUT2D eigenvalue weighted by Crippen LogP contribution is -2.16. The summed E-state index contributed by atoms with van der Waals surface area (Å²) in [6.45, 7) is 8.18. The van der Waals surface area contributed by atoms with Crippen LogP contribution in [-0.4, -0.2) is 26.1 Å². The standard InChI is InChI=1S/C15H23N5/c1-4-6-14-17-8-9-20(14)15-18-11-13(12(3)19-15)10-16-7-5-2/h8-9,11,16H,4-7,10H2,1-3H3. The van der Waals surface area contributed by atoms with Crippen molar-refractivity contribution < 1.29 is 0 Å². The Hall–Kier alpha value is -1.75. The van der Waals surface area contributed by atoms with Crippen molar-refractivity contribution in [1.29, 1.82) is 0 Å². The zero-order valence-corrected chi connectivity index (χ0v) is 12.6. The van der Waals surface area contributed by atoms with Crippen LogP contribution in [0.2, 0.25) is 0 Å². The molecule has 2 heterocycles. The average Bonchev–Trinajstić information content (AvgIpc) is 2.89. The maximum Gasteiger partial charge on any atom is 0.235 e. The second-order valence-electron chi connectivity index (χ2n) is 4.92. The average molecular weight is 273 g/mol. The fourth-order valence-corrected chi connectivity index (χ4v) is 2.09. The SMILES string of the molecule is CCCNCc1cnc(-n2ccnc2CCC)nc1C. The Balaban J connectivity index is 2.17. The van der Waals surface area contributed by atoms with Crippen molar-refractivity contribution >= 4 is 0 Å². The second-order valence-corrected chi connectivity index (χ2v) is 4.92. The highest BCUT2D eigenvalue weighted by Gasteiger charge is 2.08. The molecule has 2 aromatic heterocycles. The molecular weight excluding hydrogens is 250 g/mol. The van der Waals surface area contributed by atoms with Gasteiger partial charge in [0.1, 0.15) is 5.82 Å². The monoisotopic (exact) mass is 273 g/mol. The molecule has 5 nitrogen and oxygen atoms in total. The summed E-state index contributed by atoms with van der Waals surface area (Å²) in [7, 11) is 0. The van der Waals surface area contributed by atoms with Gasteiger partial charge < -0.3 is 5.32 Å². The fraction of sp³-hybridized carbons (Fsp3) is 0.533. The maximum atomic E-state index is 4.61. The summed E-state index contributed by atoms with van der Waals surface area (Å²) in [4.78, 5) is 13.5. The zero-order valence-electron chi connectivity index (χ0n) is 12.6. The minimum Gasteiger partial charge on any atom is -0.313 e. The summed E-state index contributed by atoms with van der Waals surface area (Å²) in [6, 6.07) is 0. The van der Waals surface area contributed by atoms with E-state index >= 15 is 0 Å². The Morgan fingerprint density at radius 3 is 2.75 bits per heavy atom. The molecule has 1 N–H and O–H groups in total. The second kappa shape index (κ2) is 7.14. The number of hydrogen-bond donors (Lipinski definition) is 1. The molecule has 108 valence electrons. The largest absolute Gasteiger partial charge is 0.313 e. The van der Waals surface area contributed by atoms with E-state index in [1.54, 1.807) is 6.20 Å². The molecule has 0 aromatic carbocycles. The summed E-state index contributed by atoms with van der Waals surface area (Å²) in [5.74, 6) is 1.73. The summed E-state index contributed by atoms with van der Waals surface area (Å²) < 4.78 is 1.97. The summed E-state index contributed by atoms with van der Waals surface area (Å²) in [5, 5.41) is 3.38. The molecule has 5 heteroatoms. The van der Waals surface area contributed by atoms with E-state index in [0.29, 0.717) is 5.95 Å². The van der Waals surface area contributed by atoms with E-state index in [2.05, 4.69) is 34.1 Å². The Kier molecular flexibility index (Phi) is 5.24. The van der Waals surface area contributed by atoms with Crippen LogP contribution in [0.15, 0.2) is 18.6 Å². The molecule has 0 unspecified atom stereocenters. The van der Waals surface area contributed by atoms with Gasteiger partial charge in [0.25, 0.3) is 0 Å². The molecule has 0 aliphatic heterocycles. The number of aromatic nitrogens is 4. The number of nitrogens with zero attached hydrogens (tertiary/aromatic N) is 4. The van der Waals surface area contributed by atoms with Gasteiger partial charge >= 0.3 is 0 Å². The molecule has 0 amide bonds. The number of imidazole rings is 1. The normalized spacial score (nSPS) is 10.9. The van der Waals surface area contributed by atoms with Gasteiger partial charge in [-0.1, -0.05) is 13.8 Å². The van der Waals surface area contributed by atoms with Crippen molar-refractivity contribution in [2.45, 2.75) is 46.6 Å². The van der Waals surface area contributed by atoms with Gasteiger partial charge in [0.15, 0.2) is 0 Å². The highest BCUT2D eigenvalue weighted by molar-refractivity contribution is 5.23. The lowest BCUT2D eigenvalue weighted by molar-refractivity contribution is 0.666. The van der Waals surface area contributed by atoms with E-state index in [0.717, 1.165) is 49.4 Å². The predicted molar refractivity (Wildman–Crippen MR) is 79.9 cm³/mol. The number of rotatable bonds is 7. The lowest BCUT2D eigenvalue weighted by atomic mass is 10.2. The molecule has 0 spiro atoms. The first kappa shape index (κ1) is 14.7. The first-order valence-corrected chi connectivity index (χ1v) is 7.32. The van der Waals surface area contributed by atoms with Crippen LogP contribution in [0.25, 0.3) is 5.95 Å². The molecule has 0 aliphatic rings. The molecule has 0 fully saturated rings. The van der Waals surface area contributed by atoms with Gasteiger partial charge in [0.2, 0.25) is 5.95 Å². The van der Waals surface area contributed by atoms with Crippen molar-refractivity contribution in [1.82, 2.24) is 24.8 Å². The van der Waals surface area contributed by atoms with Gasteiger partial charge in [-0.05, 0) is 26.3 Å². The first-order chi connectivity index (χ1) is 9.76. The van der Waals surface area contributed by atoms with E-state index in [-0.39, 0.29) is 0 Å². The van der Waals surface area contributed by atoms with Crippen LogP contribution in [-0.2, 0) is 13.0 Å². The predicted octanol–water partition coefficient (Wildman–Crippen LogP) is 2.42. The van der Waals surface area contributed by atoms with Gasteiger partial charge in [-0.25, -0.2) is 15.0 Å². The van der Waals surface area contributed by atoms with Crippen LogP contribution >= 0.6 is 0 Å². The minimum atomic E-state index is 0.711. The van der Waals surface area contributed by atoms with Crippen LogP contribution in [0.5, 0.6) is 0 Å². The highest BCUT2D eigenvalue weighted by atomic mass is 15.2. The zero-order chi connectivity index (χ0) is 14.4. The van der Waals surface area contributed by atoms with Crippen LogP contribution < -0.4 is 5.32 Å². The van der Waals surface area contributed by atoms with Gasteiger partial charge in [-0.2, -0.15) is 0 Å². The first-order valence-electron chi connectivity index (χ1n) is 7.32. The maximum absolute atomic E-state index is 4.61. The Morgan fingerprint density at radius 1 is 1.20 bits per heavy atom. The minimum absolute atomic E-state index is 0.711. The van der Waals surface area contributed by atoms with E-state index < -0.39 is 0 Å². The fourth-order valence-electron chi connectivity index (χ4n) is 2.09. The van der Waals surface area contributed by atoms with Crippen LogP contribution in [0.1, 0.15) is 43.8 Å².